The Morgan fingerprint density at radius 1 is 1.31 bits per heavy atom. The Bertz CT molecular complexity index is 410. The minimum atomic E-state index is 0.204. The third-order valence-electron chi connectivity index (χ3n) is 1.38. The molecule has 0 aromatic carbocycles. The molecule has 66 valence electrons. The van der Waals surface area contributed by atoms with Crippen LogP contribution in [0.1, 0.15) is 0 Å². The van der Waals surface area contributed by atoms with Gasteiger partial charge in [-0.15, -0.1) is 5.10 Å². The fourth-order valence-electron chi connectivity index (χ4n) is 0.873. The van der Waals surface area contributed by atoms with Crippen LogP contribution in [0.2, 0.25) is 0 Å². The Morgan fingerprint density at radius 3 is 2.54 bits per heavy atom. The van der Waals surface area contributed by atoms with Crippen LogP contribution in [0, 0.1) is 0 Å². The molecule has 0 fully saturated rings. The van der Waals surface area contributed by atoms with Gasteiger partial charge in [-0.3, -0.25) is 0 Å². The molecule has 0 bridgehead atoms. The van der Waals surface area contributed by atoms with Crippen LogP contribution >= 0.6 is 15.9 Å². The van der Waals surface area contributed by atoms with Crippen LogP contribution in [0.15, 0.2) is 23.5 Å². The van der Waals surface area contributed by atoms with Gasteiger partial charge in [0.05, 0.1) is 12.4 Å². The average Bonchev–Trinajstić information content (AvgIpc) is 2.47. The molecule has 2 heterocycles. The van der Waals surface area contributed by atoms with E-state index in [1.54, 1.807) is 12.4 Å². The zero-order chi connectivity index (χ0) is 9.26. The van der Waals surface area contributed by atoms with Crippen LogP contribution in [0.3, 0.4) is 0 Å². The van der Waals surface area contributed by atoms with E-state index in [2.05, 4.69) is 36.0 Å². The number of halogens is 1. The predicted molar refractivity (Wildman–Crippen MR) is 49.1 cm³/mol. The summed E-state index contributed by atoms with van der Waals surface area (Å²) in [6, 6.07) is 0. The lowest BCUT2D eigenvalue weighted by molar-refractivity contribution is 0.844. The SMILES string of the molecule is Nc1nc(Br)n(-c2cncnc2)n1. The minimum Gasteiger partial charge on any atom is -0.366 e. The minimum absolute atomic E-state index is 0.204. The summed E-state index contributed by atoms with van der Waals surface area (Å²) in [5, 5.41) is 3.94. The standard InChI is InChI=1S/C6H5BrN6/c7-5-11-6(8)12-13(5)4-1-9-3-10-2-4/h1-3H,(H2,8,12). The van der Waals surface area contributed by atoms with Crippen molar-refractivity contribution in [2.45, 2.75) is 0 Å². The molecular formula is C6H5BrN6. The number of anilines is 1. The highest BCUT2D eigenvalue weighted by atomic mass is 79.9. The normalized spacial score (nSPS) is 10.2. The highest BCUT2D eigenvalue weighted by Crippen LogP contribution is 2.13. The van der Waals surface area contributed by atoms with Gasteiger partial charge in [0.25, 0.3) is 0 Å². The molecule has 0 saturated carbocycles. The quantitative estimate of drug-likeness (QED) is 0.781. The molecule has 0 atom stereocenters. The van der Waals surface area contributed by atoms with E-state index in [4.69, 9.17) is 5.73 Å². The van der Waals surface area contributed by atoms with Gasteiger partial charge in [-0.05, 0) is 15.9 Å². The van der Waals surface area contributed by atoms with Gasteiger partial charge in [-0.2, -0.15) is 4.98 Å². The summed E-state index contributed by atoms with van der Waals surface area (Å²) in [6.45, 7) is 0. The summed E-state index contributed by atoms with van der Waals surface area (Å²) < 4.78 is 2.04. The third kappa shape index (κ3) is 1.50. The molecule has 0 aliphatic rings. The summed E-state index contributed by atoms with van der Waals surface area (Å²) in [7, 11) is 0. The molecule has 0 spiro atoms. The first-order chi connectivity index (χ1) is 6.27. The lowest BCUT2D eigenvalue weighted by Gasteiger charge is -1.97. The van der Waals surface area contributed by atoms with E-state index >= 15 is 0 Å². The van der Waals surface area contributed by atoms with Crippen LogP contribution in [0.25, 0.3) is 5.69 Å². The molecule has 2 rings (SSSR count). The second-order valence-electron chi connectivity index (χ2n) is 2.25. The molecule has 0 aliphatic carbocycles. The second-order valence-corrected chi connectivity index (χ2v) is 2.96. The summed E-state index contributed by atoms with van der Waals surface area (Å²) in [5.74, 6) is 0.204. The van der Waals surface area contributed by atoms with Crippen molar-refractivity contribution in [3.05, 3.63) is 23.5 Å². The van der Waals surface area contributed by atoms with Gasteiger partial charge in [0.15, 0.2) is 0 Å². The van der Waals surface area contributed by atoms with Crippen molar-refractivity contribution in [3.63, 3.8) is 0 Å². The fraction of sp³-hybridized carbons (Fsp3) is 0. The van der Waals surface area contributed by atoms with Crippen molar-refractivity contribution in [2.24, 2.45) is 0 Å². The van der Waals surface area contributed by atoms with Crippen molar-refractivity contribution in [1.82, 2.24) is 24.7 Å². The molecule has 0 saturated heterocycles. The summed E-state index contributed by atoms with van der Waals surface area (Å²) >= 11 is 3.21. The van der Waals surface area contributed by atoms with Crippen LogP contribution in [-0.4, -0.2) is 24.7 Å². The maximum absolute atomic E-state index is 5.40. The molecule has 7 heteroatoms. The van der Waals surface area contributed by atoms with E-state index in [-0.39, 0.29) is 5.95 Å². The van der Waals surface area contributed by atoms with Crippen LogP contribution in [0.4, 0.5) is 5.95 Å². The highest BCUT2D eigenvalue weighted by Gasteiger charge is 2.06. The molecule has 2 N–H and O–H groups in total. The largest absolute Gasteiger partial charge is 0.366 e. The van der Waals surface area contributed by atoms with Crippen LogP contribution in [-0.2, 0) is 0 Å². The third-order valence-corrected chi connectivity index (χ3v) is 1.89. The van der Waals surface area contributed by atoms with E-state index in [1.165, 1.54) is 11.0 Å². The maximum atomic E-state index is 5.40. The monoisotopic (exact) mass is 240 g/mol. The van der Waals surface area contributed by atoms with E-state index in [0.717, 1.165) is 0 Å². The fourth-order valence-corrected chi connectivity index (χ4v) is 1.34. The number of hydrogen-bond donors (Lipinski definition) is 1. The van der Waals surface area contributed by atoms with Crippen LogP contribution < -0.4 is 5.73 Å². The van der Waals surface area contributed by atoms with Crippen molar-refractivity contribution < 1.29 is 0 Å². The zero-order valence-corrected chi connectivity index (χ0v) is 8.01. The van der Waals surface area contributed by atoms with Crippen LogP contribution in [0.5, 0.6) is 0 Å². The second kappa shape index (κ2) is 3.09. The van der Waals surface area contributed by atoms with Crippen molar-refractivity contribution in [3.8, 4) is 5.69 Å². The van der Waals surface area contributed by atoms with Gasteiger partial charge in [-0.25, -0.2) is 14.6 Å². The molecule has 2 aromatic heterocycles. The Kier molecular flexibility index (Phi) is 1.93. The average molecular weight is 241 g/mol. The first-order valence-corrected chi connectivity index (χ1v) is 4.20. The number of nitrogens with two attached hydrogens (primary N) is 1. The molecule has 2 aromatic rings. The molecule has 6 nitrogen and oxygen atoms in total. The lowest BCUT2D eigenvalue weighted by atomic mass is 10.5. The first kappa shape index (κ1) is 8.11. The molecule has 0 unspecified atom stereocenters. The van der Waals surface area contributed by atoms with E-state index in [0.29, 0.717) is 10.4 Å². The molecule has 0 amide bonds. The molecule has 0 aliphatic heterocycles. The Labute approximate surface area is 82.0 Å². The lowest BCUT2D eigenvalue weighted by Crippen LogP contribution is -1.98. The maximum Gasteiger partial charge on any atom is 0.240 e. The van der Waals surface area contributed by atoms with Crippen molar-refractivity contribution >= 4 is 21.9 Å². The number of hydrogen-bond acceptors (Lipinski definition) is 5. The summed E-state index contributed by atoms with van der Waals surface area (Å²) in [4.78, 5) is 11.6. The Morgan fingerprint density at radius 2 is 2.00 bits per heavy atom. The number of rotatable bonds is 1. The van der Waals surface area contributed by atoms with Gasteiger partial charge >= 0.3 is 0 Å². The van der Waals surface area contributed by atoms with E-state index in [1.807, 2.05) is 0 Å². The van der Waals surface area contributed by atoms with Crippen molar-refractivity contribution in [1.29, 1.82) is 0 Å². The topological polar surface area (TPSA) is 82.5 Å². The Balaban J connectivity index is 2.53. The van der Waals surface area contributed by atoms with Crippen molar-refractivity contribution in [2.75, 3.05) is 5.73 Å². The number of aromatic nitrogens is 5. The summed E-state index contributed by atoms with van der Waals surface area (Å²) in [6.07, 6.45) is 4.68. The smallest absolute Gasteiger partial charge is 0.240 e. The molecule has 13 heavy (non-hydrogen) atoms. The first-order valence-electron chi connectivity index (χ1n) is 3.41. The van der Waals surface area contributed by atoms with E-state index < -0.39 is 0 Å². The van der Waals surface area contributed by atoms with E-state index in [9.17, 15) is 0 Å². The predicted octanol–water partition coefficient (Wildman–Crippen LogP) is 0.402. The number of nitrogen functional groups attached to an aromatic ring is 1. The molecular weight excluding hydrogens is 236 g/mol. The zero-order valence-electron chi connectivity index (χ0n) is 6.42. The van der Waals surface area contributed by atoms with Gasteiger partial charge in [-0.1, -0.05) is 0 Å². The highest BCUT2D eigenvalue weighted by molar-refractivity contribution is 9.10. The Hall–Kier alpha value is -1.50. The van der Waals surface area contributed by atoms with Gasteiger partial charge in [0.1, 0.15) is 12.0 Å². The van der Waals surface area contributed by atoms with Gasteiger partial charge in [0.2, 0.25) is 10.7 Å². The van der Waals surface area contributed by atoms with Gasteiger partial charge < -0.3 is 5.73 Å². The van der Waals surface area contributed by atoms with Gasteiger partial charge in [0, 0.05) is 0 Å². The summed E-state index contributed by atoms with van der Waals surface area (Å²) in [5.41, 5.74) is 6.11. The molecule has 0 radical (unpaired) electrons. The number of nitrogens with zero attached hydrogens (tertiary/aromatic N) is 5.